The number of guanidine groups is 1. The lowest BCUT2D eigenvalue weighted by Gasteiger charge is -2.39. The molecule has 6 nitrogen and oxygen atoms in total. The highest BCUT2D eigenvalue weighted by Crippen LogP contribution is 2.16. The Balaban J connectivity index is 0.00000529. The summed E-state index contributed by atoms with van der Waals surface area (Å²) < 4.78 is 10.5. The summed E-state index contributed by atoms with van der Waals surface area (Å²) in [6, 6.07) is 0. The summed E-state index contributed by atoms with van der Waals surface area (Å²) in [7, 11) is 1.75. The van der Waals surface area contributed by atoms with Gasteiger partial charge in [-0.1, -0.05) is 0 Å². The topological polar surface area (TPSA) is 58.1 Å². The Morgan fingerprint density at radius 3 is 2.50 bits per heavy atom. The maximum Gasteiger partial charge on any atom is 0.191 e. The molecule has 0 aromatic rings. The summed E-state index contributed by atoms with van der Waals surface area (Å²) in [6.07, 6.45) is 3.44. The van der Waals surface area contributed by atoms with Gasteiger partial charge in [-0.25, -0.2) is 0 Å². The Morgan fingerprint density at radius 1 is 1.17 bits per heavy atom. The van der Waals surface area contributed by atoms with Crippen LogP contribution < -0.4 is 10.6 Å². The van der Waals surface area contributed by atoms with Gasteiger partial charge in [0.1, 0.15) is 0 Å². The van der Waals surface area contributed by atoms with E-state index < -0.39 is 0 Å². The predicted molar refractivity (Wildman–Crippen MR) is 112 cm³/mol. The number of rotatable bonds is 10. The first kappa shape index (κ1) is 23.9. The Kier molecular flexibility index (Phi) is 14.0. The zero-order valence-electron chi connectivity index (χ0n) is 15.9. The smallest absolute Gasteiger partial charge is 0.191 e. The molecule has 0 bridgehead atoms. The molecule has 0 spiro atoms. The lowest BCUT2D eigenvalue weighted by atomic mass is 10.0. The molecule has 1 heterocycles. The van der Waals surface area contributed by atoms with E-state index in [2.05, 4.69) is 36.3 Å². The quantitative estimate of drug-likeness (QED) is 0.228. The van der Waals surface area contributed by atoms with Crippen molar-refractivity contribution in [2.75, 3.05) is 59.7 Å². The van der Waals surface area contributed by atoms with Gasteiger partial charge in [0.25, 0.3) is 0 Å². The largest absolute Gasteiger partial charge is 0.385 e. The van der Waals surface area contributed by atoms with Gasteiger partial charge in [0, 0.05) is 45.4 Å². The first-order valence-electron chi connectivity index (χ1n) is 8.94. The molecule has 0 aromatic heterocycles. The normalized spacial score (nSPS) is 16.6. The van der Waals surface area contributed by atoms with Gasteiger partial charge < -0.3 is 20.1 Å². The van der Waals surface area contributed by atoms with Crippen molar-refractivity contribution in [2.24, 2.45) is 4.99 Å². The third kappa shape index (κ3) is 10.0. The molecular weight excluding hydrogens is 419 g/mol. The van der Waals surface area contributed by atoms with E-state index in [0.29, 0.717) is 0 Å². The molecule has 7 heteroatoms. The zero-order valence-corrected chi connectivity index (χ0v) is 18.2. The molecule has 0 aromatic carbocycles. The number of morpholine rings is 1. The standard InChI is InChI=1S/C17H36N4O2.HI/c1-5-18-16(19-9-7-6-8-12-22-4)20-15-17(2,3)21-10-13-23-14-11-21;/h5-15H2,1-4H3,(H2,18,19,20);1H. The van der Waals surface area contributed by atoms with Gasteiger partial charge in [0.2, 0.25) is 0 Å². The second-order valence-corrected chi connectivity index (χ2v) is 6.59. The fourth-order valence-corrected chi connectivity index (χ4v) is 2.64. The van der Waals surface area contributed by atoms with Gasteiger partial charge in [0.15, 0.2) is 5.96 Å². The fourth-order valence-electron chi connectivity index (χ4n) is 2.64. The van der Waals surface area contributed by atoms with Crippen molar-refractivity contribution in [1.29, 1.82) is 0 Å². The summed E-state index contributed by atoms with van der Waals surface area (Å²) in [4.78, 5) is 7.25. The number of hydrogen-bond acceptors (Lipinski definition) is 4. The minimum absolute atomic E-state index is 0. The first-order chi connectivity index (χ1) is 11.1. The summed E-state index contributed by atoms with van der Waals surface area (Å²) in [5.41, 5.74) is 0.0601. The van der Waals surface area contributed by atoms with Crippen LogP contribution in [0.4, 0.5) is 0 Å². The number of nitrogens with zero attached hydrogens (tertiary/aromatic N) is 2. The van der Waals surface area contributed by atoms with Gasteiger partial charge in [-0.3, -0.25) is 9.89 Å². The van der Waals surface area contributed by atoms with Crippen LogP contribution in [0.25, 0.3) is 0 Å². The van der Waals surface area contributed by atoms with Crippen LogP contribution in [0.5, 0.6) is 0 Å². The van der Waals surface area contributed by atoms with Crippen molar-refractivity contribution in [3.63, 3.8) is 0 Å². The van der Waals surface area contributed by atoms with E-state index in [1.54, 1.807) is 7.11 Å². The van der Waals surface area contributed by atoms with E-state index in [1.807, 2.05) is 0 Å². The van der Waals surface area contributed by atoms with Crippen molar-refractivity contribution in [2.45, 2.75) is 45.6 Å². The van der Waals surface area contributed by atoms with Crippen LogP contribution in [-0.2, 0) is 9.47 Å². The van der Waals surface area contributed by atoms with Crippen LogP contribution in [0.1, 0.15) is 40.0 Å². The molecule has 0 radical (unpaired) electrons. The van der Waals surface area contributed by atoms with Crippen molar-refractivity contribution < 1.29 is 9.47 Å². The van der Waals surface area contributed by atoms with Gasteiger partial charge in [-0.2, -0.15) is 0 Å². The number of methoxy groups -OCH3 is 1. The average molecular weight is 456 g/mol. The molecule has 0 saturated carbocycles. The summed E-state index contributed by atoms with van der Waals surface area (Å²) in [6.45, 7) is 13.7. The molecule has 24 heavy (non-hydrogen) atoms. The van der Waals surface area contributed by atoms with Crippen LogP contribution in [0.2, 0.25) is 0 Å². The van der Waals surface area contributed by atoms with E-state index in [9.17, 15) is 0 Å². The second kappa shape index (κ2) is 14.1. The van der Waals surface area contributed by atoms with Crippen LogP contribution in [-0.4, -0.2) is 76.1 Å². The van der Waals surface area contributed by atoms with Crippen molar-refractivity contribution in [3.8, 4) is 0 Å². The number of nitrogens with one attached hydrogen (secondary N) is 2. The van der Waals surface area contributed by atoms with Crippen molar-refractivity contribution >= 4 is 29.9 Å². The van der Waals surface area contributed by atoms with E-state index in [4.69, 9.17) is 14.5 Å². The Bertz CT molecular complexity index is 335. The van der Waals surface area contributed by atoms with E-state index in [1.165, 1.54) is 6.42 Å². The van der Waals surface area contributed by atoms with Gasteiger partial charge in [-0.05, 0) is 40.0 Å². The zero-order chi connectivity index (χ0) is 17.0. The molecule has 1 fully saturated rings. The number of aliphatic imine (C=N–C) groups is 1. The molecule has 0 atom stereocenters. The Hall–Kier alpha value is -0.120. The number of ether oxygens (including phenoxy) is 2. The van der Waals surface area contributed by atoms with Gasteiger partial charge in [-0.15, -0.1) is 24.0 Å². The Labute approximate surface area is 165 Å². The summed E-state index contributed by atoms with van der Waals surface area (Å²) >= 11 is 0. The SMILES string of the molecule is CCNC(=NCC(C)(C)N1CCOCC1)NCCCCCOC.I. The van der Waals surface area contributed by atoms with E-state index in [0.717, 1.165) is 71.3 Å². The summed E-state index contributed by atoms with van der Waals surface area (Å²) in [5.74, 6) is 0.917. The van der Waals surface area contributed by atoms with E-state index in [-0.39, 0.29) is 29.5 Å². The molecule has 1 rings (SSSR count). The molecule has 1 aliphatic heterocycles. The number of unbranched alkanes of at least 4 members (excludes halogenated alkanes) is 2. The minimum Gasteiger partial charge on any atom is -0.385 e. The number of hydrogen-bond donors (Lipinski definition) is 2. The third-order valence-corrected chi connectivity index (χ3v) is 4.15. The second-order valence-electron chi connectivity index (χ2n) is 6.59. The molecule has 2 N–H and O–H groups in total. The summed E-state index contributed by atoms with van der Waals surface area (Å²) in [5, 5.41) is 6.76. The van der Waals surface area contributed by atoms with Gasteiger partial charge >= 0.3 is 0 Å². The lowest BCUT2D eigenvalue weighted by molar-refractivity contribution is -0.00683. The highest BCUT2D eigenvalue weighted by atomic mass is 127. The van der Waals surface area contributed by atoms with Crippen LogP contribution in [0.3, 0.4) is 0 Å². The van der Waals surface area contributed by atoms with Crippen molar-refractivity contribution in [1.82, 2.24) is 15.5 Å². The van der Waals surface area contributed by atoms with Crippen molar-refractivity contribution in [3.05, 3.63) is 0 Å². The average Bonchev–Trinajstić information content (AvgIpc) is 2.56. The molecule has 144 valence electrons. The predicted octanol–water partition coefficient (Wildman–Crippen LogP) is 2.09. The highest BCUT2D eigenvalue weighted by Gasteiger charge is 2.27. The van der Waals surface area contributed by atoms with Crippen LogP contribution in [0, 0.1) is 0 Å². The third-order valence-electron chi connectivity index (χ3n) is 4.15. The number of halogens is 1. The Morgan fingerprint density at radius 2 is 1.88 bits per heavy atom. The molecule has 1 saturated heterocycles. The molecule has 0 aliphatic carbocycles. The molecular formula is C17H37IN4O2. The molecule has 0 unspecified atom stereocenters. The minimum atomic E-state index is 0. The first-order valence-corrected chi connectivity index (χ1v) is 8.94. The maximum absolute atomic E-state index is 5.44. The van der Waals surface area contributed by atoms with E-state index >= 15 is 0 Å². The lowest BCUT2D eigenvalue weighted by Crippen LogP contribution is -2.52. The monoisotopic (exact) mass is 456 g/mol. The highest BCUT2D eigenvalue weighted by molar-refractivity contribution is 14.0. The maximum atomic E-state index is 5.44. The van der Waals surface area contributed by atoms with Crippen LogP contribution in [0.15, 0.2) is 4.99 Å². The molecule has 0 amide bonds. The van der Waals surface area contributed by atoms with Crippen LogP contribution >= 0.6 is 24.0 Å². The molecule has 1 aliphatic rings. The van der Waals surface area contributed by atoms with Gasteiger partial charge in [0.05, 0.1) is 19.8 Å². The fraction of sp³-hybridized carbons (Fsp3) is 0.941.